The lowest BCUT2D eigenvalue weighted by Gasteiger charge is -2.18. The van der Waals surface area contributed by atoms with Crippen molar-refractivity contribution in [3.05, 3.63) is 91.8 Å². The molecule has 0 fully saturated rings. The van der Waals surface area contributed by atoms with Crippen LogP contribution in [-0.2, 0) is 12.2 Å². The van der Waals surface area contributed by atoms with Gasteiger partial charge in [0.25, 0.3) is 5.56 Å². The zero-order valence-electron chi connectivity index (χ0n) is 21.7. The first-order chi connectivity index (χ1) is 17.5. The molecule has 0 spiro atoms. The number of benzene rings is 1. The first-order valence-electron chi connectivity index (χ1n) is 11.7. The molecule has 37 heavy (non-hydrogen) atoms. The summed E-state index contributed by atoms with van der Waals surface area (Å²) in [6.07, 6.45) is 3.38. The van der Waals surface area contributed by atoms with Crippen LogP contribution in [0, 0.1) is 20.8 Å². The Morgan fingerprint density at radius 3 is 2.49 bits per heavy atom. The highest BCUT2D eigenvalue weighted by Gasteiger charge is 2.22. The third-order valence-corrected chi connectivity index (χ3v) is 6.64. The average Bonchev–Trinajstić information content (AvgIpc) is 2.86. The highest BCUT2D eigenvalue weighted by Crippen LogP contribution is 2.29. The van der Waals surface area contributed by atoms with Crippen molar-refractivity contribution in [1.82, 2.24) is 19.5 Å². The number of methoxy groups -OCH3 is 1. The summed E-state index contributed by atoms with van der Waals surface area (Å²) in [5.74, 6) is 1.49. The standard InChI is InChI=1S/C28H29BrN4O4/c1-16-13-30-21(25-17(2)14-31-27(32-25)28(4,5)35)12-22(16)33-18(3)10-23(24(29)26(33)34)37-15-19-8-7-9-20(11-19)36-6/h7-14,35H,15H2,1-6H3. The van der Waals surface area contributed by atoms with Gasteiger partial charge in [-0.25, -0.2) is 9.97 Å². The predicted molar refractivity (Wildman–Crippen MR) is 145 cm³/mol. The lowest BCUT2D eigenvalue weighted by molar-refractivity contribution is 0.0688. The van der Waals surface area contributed by atoms with Crippen LogP contribution in [0.1, 0.15) is 42.1 Å². The number of ether oxygens (including phenoxy) is 2. The van der Waals surface area contributed by atoms with Gasteiger partial charge in [-0.3, -0.25) is 14.3 Å². The van der Waals surface area contributed by atoms with E-state index < -0.39 is 5.60 Å². The van der Waals surface area contributed by atoms with Gasteiger partial charge in [-0.2, -0.15) is 0 Å². The molecule has 0 aliphatic heterocycles. The molecule has 0 aliphatic rings. The van der Waals surface area contributed by atoms with E-state index in [0.717, 1.165) is 22.4 Å². The normalized spacial score (nSPS) is 11.5. The number of rotatable bonds is 7. The van der Waals surface area contributed by atoms with Crippen LogP contribution in [0.5, 0.6) is 11.5 Å². The third kappa shape index (κ3) is 5.57. The van der Waals surface area contributed by atoms with Crippen molar-refractivity contribution in [3.63, 3.8) is 0 Å². The molecule has 0 saturated heterocycles. The number of nitrogens with zero attached hydrogens (tertiary/aromatic N) is 4. The Kier molecular flexibility index (Phi) is 7.47. The van der Waals surface area contributed by atoms with E-state index in [1.807, 2.05) is 57.2 Å². The van der Waals surface area contributed by atoms with Gasteiger partial charge in [-0.15, -0.1) is 0 Å². The molecule has 0 saturated carbocycles. The van der Waals surface area contributed by atoms with Crippen LogP contribution >= 0.6 is 15.9 Å². The zero-order chi connectivity index (χ0) is 26.9. The molecule has 8 nitrogen and oxygen atoms in total. The summed E-state index contributed by atoms with van der Waals surface area (Å²) in [5, 5.41) is 10.4. The van der Waals surface area contributed by atoms with E-state index in [9.17, 15) is 9.90 Å². The molecule has 1 N–H and O–H groups in total. The summed E-state index contributed by atoms with van der Waals surface area (Å²) in [6.45, 7) is 9.19. The molecule has 0 aliphatic carbocycles. The van der Waals surface area contributed by atoms with Crippen LogP contribution < -0.4 is 15.0 Å². The van der Waals surface area contributed by atoms with Gasteiger partial charge < -0.3 is 14.6 Å². The molecule has 0 radical (unpaired) electrons. The maximum Gasteiger partial charge on any atom is 0.273 e. The minimum atomic E-state index is -1.20. The molecule has 3 heterocycles. The number of aryl methyl sites for hydroxylation is 3. The fourth-order valence-electron chi connectivity index (χ4n) is 3.89. The van der Waals surface area contributed by atoms with Crippen molar-refractivity contribution < 1.29 is 14.6 Å². The quantitative estimate of drug-likeness (QED) is 0.329. The van der Waals surface area contributed by atoms with Gasteiger partial charge >= 0.3 is 0 Å². The first kappa shape index (κ1) is 26.5. The second-order valence-corrected chi connectivity index (χ2v) is 10.2. The smallest absolute Gasteiger partial charge is 0.273 e. The lowest BCUT2D eigenvalue weighted by Crippen LogP contribution is -2.23. The highest BCUT2D eigenvalue weighted by atomic mass is 79.9. The predicted octanol–water partition coefficient (Wildman–Crippen LogP) is 5.19. The monoisotopic (exact) mass is 564 g/mol. The topological polar surface area (TPSA) is 99.4 Å². The maximum atomic E-state index is 13.5. The molecule has 4 aromatic rings. The van der Waals surface area contributed by atoms with Crippen LogP contribution in [0.4, 0.5) is 0 Å². The van der Waals surface area contributed by atoms with Gasteiger partial charge in [0, 0.05) is 24.2 Å². The zero-order valence-corrected chi connectivity index (χ0v) is 23.3. The summed E-state index contributed by atoms with van der Waals surface area (Å²) in [5.41, 5.74) is 3.65. The van der Waals surface area contributed by atoms with Gasteiger partial charge in [-0.05, 0) is 85.4 Å². The van der Waals surface area contributed by atoms with Gasteiger partial charge in [0.05, 0.1) is 24.2 Å². The fourth-order valence-corrected chi connectivity index (χ4v) is 4.29. The number of aromatic nitrogens is 4. The SMILES string of the molecule is COc1cccc(COc2cc(C)n(-c3cc(-c4nc(C(C)(C)O)ncc4C)ncc3C)c(=O)c2Br)c1. The number of pyridine rings is 2. The molecule has 9 heteroatoms. The molecular weight excluding hydrogens is 536 g/mol. The Balaban J connectivity index is 1.73. The van der Waals surface area contributed by atoms with E-state index in [1.54, 1.807) is 37.9 Å². The van der Waals surface area contributed by atoms with E-state index in [-0.39, 0.29) is 12.2 Å². The Hall–Kier alpha value is -3.56. The summed E-state index contributed by atoms with van der Waals surface area (Å²) in [6, 6.07) is 11.2. The molecular formula is C28H29BrN4O4. The first-order valence-corrected chi connectivity index (χ1v) is 12.5. The maximum absolute atomic E-state index is 13.5. The molecule has 1 aromatic carbocycles. The molecule has 0 unspecified atom stereocenters. The van der Waals surface area contributed by atoms with E-state index in [1.165, 1.54) is 0 Å². The average molecular weight is 565 g/mol. The van der Waals surface area contributed by atoms with E-state index >= 15 is 0 Å². The largest absolute Gasteiger partial charge is 0.497 e. The van der Waals surface area contributed by atoms with Crippen LogP contribution in [0.25, 0.3) is 17.1 Å². The number of hydrogen-bond donors (Lipinski definition) is 1. The van der Waals surface area contributed by atoms with Gasteiger partial charge in [0.1, 0.15) is 28.2 Å². The third-order valence-electron chi connectivity index (χ3n) is 5.91. The van der Waals surface area contributed by atoms with Crippen molar-refractivity contribution in [2.24, 2.45) is 0 Å². The molecule has 0 atom stereocenters. The van der Waals surface area contributed by atoms with E-state index in [0.29, 0.717) is 38.8 Å². The lowest BCUT2D eigenvalue weighted by atomic mass is 10.1. The van der Waals surface area contributed by atoms with Gasteiger partial charge in [0.2, 0.25) is 0 Å². The summed E-state index contributed by atoms with van der Waals surface area (Å²) in [4.78, 5) is 26.9. The second-order valence-electron chi connectivity index (χ2n) is 9.38. The van der Waals surface area contributed by atoms with Gasteiger partial charge in [-0.1, -0.05) is 12.1 Å². The number of aliphatic hydroxyl groups is 1. The van der Waals surface area contributed by atoms with Crippen LogP contribution in [0.2, 0.25) is 0 Å². The van der Waals surface area contributed by atoms with Crippen molar-refractivity contribution in [3.8, 4) is 28.6 Å². The minimum Gasteiger partial charge on any atom is -0.497 e. The Labute approximate surface area is 224 Å². The Bertz CT molecular complexity index is 1530. The summed E-state index contributed by atoms with van der Waals surface area (Å²) in [7, 11) is 1.62. The number of halogens is 1. The second kappa shape index (κ2) is 10.4. The van der Waals surface area contributed by atoms with Crippen molar-refractivity contribution in [2.75, 3.05) is 7.11 Å². The Morgan fingerprint density at radius 1 is 1.05 bits per heavy atom. The molecule has 192 valence electrons. The number of hydrogen-bond acceptors (Lipinski definition) is 7. The summed E-state index contributed by atoms with van der Waals surface area (Å²) >= 11 is 3.45. The van der Waals surface area contributed by atoms with Crippen molar-refractivity contribution >= 4 is 15.9 Å². The van der Waals surface area contributed by atoms with E-state index in [2.05, 4.69) is 30.9 Å². The van der Waals surface area contributed by atoms with Crippen LogP contribution in [0.3, 0.4) is 0 Å². The molecule has 0 amide bonds. The molecule has 4 rings (SSSR count). The Morgan fingerprint density at radius 2 is 1.78 bits per heavy atom. The molecule has 3 aromatic heterocycles. The van der Waals surface area contributed by atoms with Crippen LogP contribution in [-0.4, -0.2) is 31.7 Å². The van der Waals surface area contributed by atoms with Crippen molar-refractivity contribution in [1.29, 1.82) is 0 Å². The van der Waals surface area contributed by atoms with E-state index in [4.69, 9.17) is 9.47 Å². The summed E-state index contributed by atoms with van der Waals surface area (Å²) < 4.78 is 13.2. The van der Waals surface area contributed by atoms with Gasteiger partial charge in [0.15, 0.2) is 5.82 Å². The minimum absolute atomic E-state index is 0.252. The molecule has 0 bridgehead atoms. The van der Waals surface area contributed by atoms with Crippen LogP contribution in [0.15, 0.2) is 58.1 Å². The van der Waals surface area contributed by atoms with Crippen molar-refractivity contribution in [2.45, 2.75) is 46.8 Å². The fraction of sp³-hybridized carbons (Fsp3) is 0.286. The highest BCUT2D eigenvalue weighted by molar-refractivity contribution is 9.10.